The van der Waals surface area contributed by atoms with Gasteiger partial charge < -0.3 is 19.7 Å². The number of aliphatic hydroxyl groups excluding tert-OH is 2. The van der Waals surface area contributed by atoms with E-state index in [2.05, 4.69) is 0 Å². The number of hydrogen-bond acceptors (Lipinski definition) is 4. The Morgan fingerprint density at radius 2 is 2.08 bits per heavy atom. The quantitative estimate of drug-likeness (QED) is 0.670. The van der Waals surface area contributed by atoms with Crippen molar-refractivity contribution in [2.75, 3.05) is 6.79 Å². The predicted molar refractivity (Wildman–Crippen MR) is 47.2 cm³/mol. The number of aliphatic hydroxyl groups is 2. The van der Waals surface area contributed by atoms with Gasteiger partial charge in [0.25, 0.3) is 0 Å². The van der Waals surface area contributed by atoms with Crippen molar-refractivity contribution < 1.29 is 19.7 Å². The highest BCUT2D eigenvalue weighted by atomic mass is 16.7. The normalized spacial score (nSPS) is 37.4. The van der Waals surface area contributed by atoms with Gasteiger partial charge in [0.05, 0.1) is 12.2 Å². The molecular formula is C9H18O4. The first-order valence-corrected chi connectivity index (χ1v) is 4.80. The molecule has 0 aliphatic carbocycles. The van der Waals surface area contributed by atoms with Crippen molar-refractivity contribution in [1.82, 2.24) is 0 Å². The Bertz CT molecular complexity index is 151. The third kappa shape index (κ3) is 2.40. The summed E-state index contributed by atoms with van der Waals surface area (Å²) >= 11 is 0. The summed E-state index contributed by atoms with van der Waals surface area (Å²) in [5.41, 5.74) is 0. The molecule has 4 atom stereocenters. The van der Waals surface area contributed by atoms with Crippen LogP contribution in [0.15, 0.2) is 0 Å². The van der Waals surface area contributed by atoms with Crippen LogP contribution in [0.2, 0.25) is 0 Å². The Hall–Kier alpha value is -0.160. The van der Waals surface area contributed by atoms with E-state index < -0.39 is 18.3 Å². The zero-order chi connectivity index (χ0) is 9.84. The standard InChI is InChI=1S/C9H18O4/c1-3-6(10)9-8(11)7(4-2)12-5-13-9/h6-11H,3-5H2,1-2H3/t6?,7-,8?,9?/m1/s1. The molecule has 13 heavy (non-hydrogen) atoms. The summed E-state index contributed by atoms with van der Waals surface area (Å²) in [5.74, 6) is 0. The molecule has 2 N–H and O–H groups in total. The smallest absolute Gasteiger partial charge is 0.147 e. The van der Waals surface area contributed by atoms with Crippen LogP contribution in [0.5, 0.6) is 0 Å². The molecule has 3 unspecified atom stereocenters. The summed E-state index contributed by atoms with van der Waals surface area (Å²) in [6.07, 6.45) is -0.708. The van der Waals surface area contributed by atoms with Gasteiger partial charge in [0.1, 0.15) is 19.0 Å². The van der Waals surface area contributed by atoms with Gasteiger partial charge in [-0.25, -0.2) is 0 Å². The van der Waals surface area contributed by atoms with Gasteiger partial charge in [0.15, 0.2) is 0 Å². The highest BCUT2D eigenvalue weighted by molar-refractivity contribution is 4.83. The molecule has 0 amide bonds. The maximum Gasteiger partial charge on any atom is 0.147 e. The maximum absolute atomic E-state index is 9.72. The van der Waals surface area contributed by atoms with E-state index in [0.717, 1.165) is 6.42 Å². The van der Waals surface area contributed by atoms with Crippen molar-refractivity contribution in [3.8, 4) is 0 Å². The second kappa shape index (κ2) is 4.91. The van der Waals surface area contributed by atoms with Crippen LogP contribution < -0.4 is 0 Å². The molecule has 1 aliphatic rings. The van der Waals surface area contributed by atoms with E-state index in [9.17, 15) is 10.2 Å². The SMILES string of the molecule is CCC(O)C1OCO[C@H](CC)C1O. The van der Waals surface area contributed by atoms with Crippen LogP contribution in [0.3, 0.4) is 0 Å². The third-order valence-electron chi connectivity index (χ3n) is 2.46. The first-order valence-electron chi connectivity index (χ1n) is 4.80. The summed E-state index contributed by atoms with van der Waals surface area (Å²) in [5, 5.41) is 19.2. The lowest BCUT2D eigenvalue weighted by Gasteiger charge is -2.36. The molecule has 4 nitrogen and oxygen atoms in total. The van der Waals surface area contributed by atoms with Crippen molar-refractivity contribution in [2.24, 2.45) is 0 Å². The molecule has 0 aromatic carbocycles. The van der Waals surface area contributed by atoms with Crippen molar-refractivity contribution in [3.05, 3.63) is 0 Å². The Kier molecular flexibility index (Phi) is 4.12. The van der Waals surface area contributed by atoms with Crippen LogP contribution >= 0.6 is 0 Å². The summed E-state index contributed by atoms with van der Waals surface area (Å²) in [7, 11) is 0. The molecule has 0 saturated carbocycles. The van der Waals surface area contributed by atoms with E-state index in [-0.39, 0.29) is 12.9 Å². The van der Waals surface area contributed by atoms with Crippen molar-refractivity contribution in [1.29, 1.82) is 0 Å². The fourth-order valence-electron chi connectivity index (χ4n) is 1.54. The highest BCUT2D eigenvalue weighted by Crippen LogP contribution is 2.20. The second-order valence-corrected chi connectivity index (χ2v) is 3.33. The van der Waals surface area contributed by atoms with Crippen LogP contribution in [0.1, 0.15) is 26.7 Å². The highest BCUT2D eigenvalue weighted by Gasteiger charge is 2.36. The van der Waals surface area contributed by atoms with Gasteiger partial charge in [0, 0.05) is 0 Å². The number of hydrogen-bond donors (Lipinski definition) is 2. The van der Waals surface area contributed by atoms with Crippen molar-refractivity contribution in [3.63, 3.8) is 0 Å². The maximum atomic E-state index is 9.72. The fourth-order valence-corrected chi connectivity index (χ4v) is 1.54. The Morgan fingerprint density at radius 3 is 2.62 bits per heavy atom. The second-order valence-electron chi connectivity index (χ2n) is 3.33. The molecule has 4 heteroatoms. The molecule has 1 saturated heterocycles. The van der Waals surface area contributed by atoms with Gasteiger partial charge in [-0.05, 0) is 12.8 Å². The lowest BCUT2D eigenvalue weighted by molar-refractivity contribution is -0.251. The fraction of sp³-hybridized carbons (Fsp3) is 1.00. The molecule has 0 spiro atoms. The molecule has 0 bridgehead atoms. The first kappa shape index (κ1) is 10.9. The molecule has 1 heterocycles. The van der Waals surface area contributed by atoms with E-state index in [0.29, 0.717) is 6.42 Å². The van der Waals surface area contributed by atoms with Crippen LogP contribution in [0.25, 0.3) is 0 Å². The molecule has 1 fully saturated rings. The summed E-state index contributed by atoms with van der Waals surface area (Å²) < 4.78 is 10.3. The minimum absolute atomic E-state index is 0.164. The third-order valence-corrected chi connectivity index (χ3v) is 2.46. The average molecular weight is 190 g/mol. The van der Waals surface area contributed by atoms with Crippen molar-refractivity contribution >= 4 is 0 Å². The van der Waals surface area contributed by atoms with E-state index in [1.54, 1.807) is 0 Å². The largest absolute Gasteiger partial charge is 0.390 e. The molecule has 1 aliphatic heterocycles. The van der Waals surface area contributed by atoms with E-state index >= 15 is 0 Å². The summed E-state index contributed by atoms with van der Waals surface area (Å²) in [4.78, 5) is 0. The minimum atomic E-state index is -0.714. The van der Waals surface area contributed by atoms with Gasteiger partial charge in [0.2, 0.25) is 0 Å². The lowest BCUT2D eigenvalue weighted by atomic mass is 9.99. The van der Waals surface area contributed by atoms with Gasteiger partial charge in [-0.15, -0.1) is 0 Å². The Balaban J connectivity index is 2.54. The van der Waals surface area contributed by atoms with Crippen LogP contribution in [0, 0.1) is 0 Å². The van der Waals surface area contributed by atoms with Gasteiger partial charge >= 0.3 is 0 Å². The zero-order valence-electron chi connectivity index (χ0n) is 8.14. The first-order chi connectivity index (χ1) is 6.20. The molecule has 78 valence electrons. The Labute approximate surface area is 78.5 Å². The average Bonchev–Trinajstić information content (AvgIpc) is 2.17. The minimum Gasteiger partial charge on any atom is -0.390 e. The van der Waals surface area contributed by atoms with Crippen LogP contribution in [0.4, 0.5) is 0 Å². The molecule has 0 aromatic rings. The van der Waals surface area contributed by atoms with Gasteiger partial charge in [-0.3, -0.25) is 0 Å². The predicted octanol–water partition coefficient (Wildman–Crippen LogP) is 0.270. The number of rotatable bonds is 3. The molecule has 0 aromatic heterocycles. The monoisotopic (exact) mass is 190 g/mol. The van der Waals surface area contributed by atoms with Crippen molar-refractivity contribution in [2.45, 2.75) is 51.1 Å². The van der Waals surface area contributed by atoms with Gasteiger partial charge in [-0.1, -0.05) is 13.8 Å². The van der Waals surface area contributed by atoms with E-state index in [4.69, 9.17) is 9.47 Å². The molecule has 1 rings (SSSR count). The van der Waals surface area contributed by atoms with Crippen LogP contribution in [-0.2, 0) is 9.47 Å². The summed E-state index contributed by atoms with van der Waals surface area (Å²) in [6, 6.07) is 0. The van der Waals surface area contributed by atoms with E-state index in [1.807, 2.05) is 13.8 Å². The topological polar surface area (TPSA) is 58.9 Å². The lowest BCUT2D eigenvalue weighted by Crippen LogP contribution is -2.51. The zero-order valence-corrected chi connectivity index (χ0v) is 8.14. The Morgan fingerprint density at radius 1 is 1.38 bits per heavy atom. The molecule has 0 radical (unpaired) electrons. The van der Waals surface area contributed by atoms with Gasteiger partial charge in [-0.2, -0.15) is 0 Å². The molecular weight excluding hydrogens is 172 g/mol. The van der Waals surface area contributed by atoms with E-state index in [1.165, 1.54) is 0 Å². The summed E-state index contributed by atoms with van der Waals surface area (Å²) in [6.45, 7) is 3.96. The van der Waals surface area contributed by atoms with Crippen LogP contribution in [-0.4, -0.2) is 41.4 Å². The number of ether oxygens (including phenoxy) is 2.